The van der Waals surface area contributed by atoms with Crippen molar-refractivity contribution < 1.29 is 4.74 Å². The topological polar surface area (TPSA) is 63.2 Å². The first-order chi connectivity index (χ1) is 15.0. The number of nitrogens with one attached hydrogen (secondary N) is 1. The van der Waals surface area contributed by atoms with E-state index in [9.17, 15) is 0 Å². The molecule has 3 aromatic rings. The van der Waals surface area contributed by atoms with Crippen molar-refractivity contribution >= 4 is 16.9 Å². The van der Waals surface area contributed by atoms with Gasteiger partial charge in [0.2, 0.25) is 11.8 Å². The number of aromatic nitrogens is 3. The smallest absolute Gasteiger partial charge is 0.223 e. The highest BCUT2D eigenvalue weighted by atomic mass is 16.5. The predicted octanol–water partition coefficient (Wildman–Crippen LogP) is 4.86. The summed E-state index contributed by atoms with van der Waals surface area (Å²) < 4.78 is 5.54. The summed E-state index contributed by atoms with van der Waals surface area (Å²) in [4.78, 5) is 16.4. The summed E-state index contributed by atoms with van der Waals surface area (Å²) >= 11 is 0. The Labute approximate surface area is 185 Å². The molecular formula is C25H33N5O. The number of ether oxygens (including phenoxy) is 1. The van der Waals surface area contributed by atoms with E-state index in [2.05, 4.69) is 59.4 Å². The third-order valence-electron chi connectivity index (χ3n) is 6.41. The predicted molar refractivity (Wildman–Crippen MR) is 127 cm³/mol. The van der Waals surface area contributed by atoms with Crippen molar-refractivity contribution in [1.29, 1.82) is 0 Å². The maximum atomic E-state index is 5.54. The summed E-state index contributed by atoms with van der Waals surface area (Å²) in [7, 11) is 6.02. The number of fused-ring (bicyclic) bond motifs is 1. The Bertz CT molecular complexity index is 1060. The van der Waals surface area contributed by atoms with Gasteiger partial charge < -0.3 is 15.0 Å². The lowest BCUT2D eigenvalue weighted by atomic mass is 9.90. The molecule has 4 rings (SSSR count). The van der Waals surface area contributed by atoms with E-state index in [0.717, 1.165) is 52.9 Å². The van der Waals surface area contributed by atoms with Crippen molar-refractivity contribution in [2.45, 2.75) is 58.0 Å². The molecule has 164 valence electrons. The van der Waals surface area contributed by atoms with Crippen LogP contribution < -0.4 is 10.1 Å². The van der Waals surface area contributed by atoms with Gasteiger partial charge >= 0.3 is 0 Å². The Morgan fingerprint density at radius 1 is 1.10 bits per heavy atom. The molecule has 1 aliphatic rings. The van der Waals surface area contributed by atoms with Crippen molar-refractivity contribution in [3.63, 3.8) is 0 Å². The van der Waals surface area contributed by atoms with E-state index in [1.54, 1.807) is 7.11 Å². The maximum Gasteiger partial charge on any atom is 0.223 e. The Hall–Kier alpha value is -2.73. The maximum absolute atomic E-state index is 5.54. The molecule has 1 aliphatic carbocycles. The lowest BCUT2D eigenvalue weighted by molar-refractivity contribution is 0.221. The third-order valence-corrected chi connectivity index (χ3v) is 6.41. The molecule has 31 heavy (non-hydrogen) atoms. The molecular weight excluding hydrogens is 386 g/mol. The Kier molecular flexibility index (Phi) is 6.37. The van der Waals surface area contributed by atoms with Gasteiger partial charge in [0.25, 0.3) is 0 Å². The average molecular weight is 420 g/mol. The van der Waals surface area contributed by atoms with E-state index in [1.165, 1.54) is 18.4 Å². The minimum absolute atomic E-state index is 0.445. The van der Waals surface area contributed by atoms with Gasteiger partial charge in [0.15, 0.2) is 0 Å². The highest BCUT2D eigenvalue weighted by molar-refractivity contribution is 5.88. The number of nitrogens with zero attached hydrogens (tertiary/aromatic N) is 4. The van der Waals surface area contributed by atoms with Gasteiger partial charge in [-0.1, -0.05) is 6.92 Å². The molecule has 1 aromatic carbocycles. The highest BCUT2D eigenvalue weighted by Gasteiger charge is 2.23. The van der Waals surface area contributed by atoms with E-state index in [4.69, 9.17) is 9.72 Å². The van der Waals surface area contributed by atoms with Crippen LogP contribution in [0.5, 0.6) is 5.88 Å². The number of hydrogen-bond acceptors (Lipinski definition) is 6. The van der Waals surface area contributed by atoms with Crippen LogP contribution in [0.4, 0.5) is 5.95 Å². The molecule has 2 heterocycles. The molecule has 6 nitrogen and oxygen atoms in total. The van der Waals surface area contributed by atoms with Crippen molar-refractivity contribution in [1.82, 2.24) is 19.9 Å². The number of methoxy groups -OCH3 is 1. The summed E-state index contributed by atoms with van der Waals surface area (Å²) in [5, 5.41) is 4.62. The van der Waals surface area contributed by atoms with Crippen LogP contribution in [0, 0.1) is 6.92 Å². The number of rotatable bonds is 6. The van der Waals surface area contributed by atoms with Crippen LogP contribution in [-0.4, -0.2) is 53.1 Å². The normalized spacial score (nSPS) is 19.0. The Balaban J connectivity index is 1.61. The quantitative estimate of drug-likeness (QED) is 0.616. The van der Waals surface area contributed by atoms with Gasteiger partial charge in [-0.3, -0.25) is 0 Å². The summed E-state index contributed by atoms with van der Waals surface area (Å²) in [5.41, 5.74) is 5.24. The summed E-state index contributed by atoms with van der Waals surface area (Å²) in [6.45, 7) is 4.14. The second-order valence-corrected chi connectivity index (χ2v) is 8.74. The second kappa shape index (κ2) is 9.18. The van der Waals surface area contributed by atoms with E-state index in [0.29, 0.717) is 18.0 Å². The zero-order valence-corrected chi connectivity index (χ0v) is 19.3. The van der Waals surface area contributed by atoms with E-state index >= 15 is 0 Å². The molecule has 6 heteroatoms. The van der Waals surface area contributed by atoms with Crippen LogP contribution in [-0.2, 0) is 6.42 Å². The van der Waals surface area contributed by atoms with Crippen molar-refractivity contribution in [2.75, 3.05) is 26.5 Å². The van der Waals surface area contributed by atoms with Gasteiger partial charge in [-0.2, -0.15) is 0 Å². The number of pyridine rings is 1. The van der Waals surface area contributed by atoms with Gasteiger partial charge in [-0.25, -0.2) is 15.0 Å². The van der Waals surface area contributed by atoms with Crippen molar-refractivity contribution in [2.24, 2.45) is 0 Å². The largest absolute Gasteiger partial charge is 0.481 e. The number of anilines is 1. The number of hydrogen-bond donors (Lipinski definition) is 1. The summed E-state index contributed by atoms with van der Waals surface area (Å²) in [6.07, 6.45) is 7.58. The molecule has 0 atom stereocenters. The van der Waals surface area contributed by atoms with Gasteiger partial charge in [0.05, 0.1) is 12.6 Å². The van der Waals surface area contributed by atoms with Gasteiger partial charge in [0, 0.05) is 34.9 Å². The van der Waals surface area contributed by atoms with Gasteiger partial charge in [-0.05, 0) is 88.5 Å². The molecule has 2 aromatic heterocycles. The van der Waals surface area contributed by atoms with Gasteiger partial charge in [0.1, 0.15) is 0 Å². The lowest BCUT2D eigenvalue weighted by Gasteiger charge is -2.32. The van der Waals surface area contributed by atoms with Crippen molar-refractivity contribution in [3.8, 4) is 17.0 Å². The van der Waals surface area contributed by atoms with Crippen LogP contribution in [0.3, 0.4) is 0 Å². The van der Waals surface area contributed by atoms with E-state index < -0.39 is 0 Å². The zero-order valence-electron chi connectivity index (χ0n) is 19.3. The minimum atomic E-state index is 0.445. The number of aryl methyl sites for hydroxylation is 2. The average Bonchev–Trinajstić information content (AvgIpc) is 2.78. The molecule has 0 saturated heterocycles. The SMILES string of the molecule is CCc1cc(-c2ccc(C)nc2OC)cc2cnc(NC3CCC(N(C)C)CC3)nc12. The fourth-order valence-corrected chi connectivity index (χ4v) is 4.54. The molecule has 0 spiro atoms. The fourth-order valence-electron chi connectivity index (χ4n) is 4.54. The van der Waals surface area contributed by atoms with Gasteiger partial charge in [-0.15, -0.1) is 0 Å². The first-order valence-electron chi connectivity index (χ1n) is 11.2. The van der Waals surface area contributed by atoms with Crippen LogP contribution in [0.25, 0.3) is 22.0 Å². The van der Waals surface area contributed by atoms with E-state index in [1.807, 2.05) is 19.2 Å². The first-order valence-corrected chi connectivity index (χ1v) is 11.2. The first kappa shape index (κ1) is 21.5. The molecule has 1 saturated carbocycles. The monoisotopic (exact) mass is 419 g/mol. The summed E-state index contributed by atoms with van der Waals surface area (Å²) in [5.74, 6) is 1.38. The highest BCUT2D eigenvalue weighted by Crippen LogP contribution is 2.33. The van der Waals surface area contributed by atoms with Crippen LogP contribution in [0.1, 0.15) is 43.9 Å². The molecule has 1 fully saturated rings. The molecule has 0 aliphatic heterocycles. The number of benzene rings is 1. The lowest BCUT2D eigenvalue weighted by Crippen LogP contribution is -2.36. The van der Waals surface area contributed by atoms with Crippen LogP contribution in [0.2, 0.25) is 0 Å². The molecule has 1 N–H and O–H groups in total. The second-order valence-electron chi connectivity index (χ2n) is 8.74. The zero-order chi connectivity index (χ0) is 22.0. The Morgan fingerprint density at radius 2 is 1.87 bits per heavy atom. The fraction of sp³-hybridized carbons (Fsp3) is 0.480. The summed E-state index contributed by atoms with van der Waals surface area (Å²) in [6, 6.07) is 9.56. The molecule has 0 unspecified atom stereocenters. The molecule has 0 radical (unpaired) electrons. The van der Waals surface area contributed by atoms with Crippen LogP contribution >= 0.6 is 0 Å². The standard InChI is InChI=1S/C25H33N5O/c1-6-17-13-18(22-12-7-16(2)27-24(22)31-5)14-19-15-26-25(29-23(17)19)28-20-8-10-21(11-9-20)30(3)4/h7,12-15,20-21H,6,8-11H2,1-5H3,(H,26,28,29). The Morgan fingerprint density at radius 3 is 2.55 bits per heavy atom. The van der Waals surface area contributed by atoms with Crippen molar-refractivity contribution in [3.05, 3.63) is 41.7 Å². The third kappa shape index (κ3) is 4.64. The van der Waals surface area contributed by atoms with Crippen LogP contribution in [0.15, 0.2) is 30.5 Å². The molecule has 0 amide bonds. The van der Waals surface area contributed by atoms with E-state index in [-0.39, 0.29) is 0 Å². The molecule has 0 bridgehead atoms. The minimum Gasteiger partial charge on any atom is -0.481 e.